The molecule has 0 N–H and O–H groups in total. The van der Waals surface area contributed by atoms with Crippen molar-refractivity contribution >= 4 is 15.9 Å². The Balaban J connectivity index is 2.68. The minimum Gasteiger partial charge on any atom is -0.333 e. The van der Waals surface area contributed by atoms with Crippen molar-refractivity contribution in [1.82, 2.24) is 9.55 Å². The van der Waals surface area contributed by atoms with Gasteiger partial charge in [0.15, 0.2) is 0 Å². The summed E-state index contributed by atoms with van der Waals surface area (Å²) in [6.07, 6.45) is 1.53. The van der Waals surface area contributed by atoms with Gasteiger partial charge in [0, 0.05) is 12.6 Å². The van der Waals surface area contributed by atoms with Crippen LogP contribution in [0.5, 0.6) is 0 Å². The third kappa shape index (κ3) is 1.79. The predicted octanol–water partition coefficient (Wildman–Crippen LogP) is 3.13. The molecular formula is C10H7BrF2N2. The molecule has 0 bridgehead atoms. The van der Waals surface area contributed by atoms with Crippen molar-refractivity contribution in [3.8, 4) is 11.3 Å². The number of hydrogen-bond acceptors (Lipinski definition) is 1. The van der Waals surface area contributed by atoms with Crippen LogP contribution in [0.25, 0.3) is 11.3 Å². The maximum Gasteiger partial charge on any atom is 0.132 e. The Labute approximate surface area is 93.7 Å². The van der Waals surface area contributed by atoms with Gasteiger partial charge in [0.25, 0.3) is 0 Å². The first kappa shape index (κ1) is 10.3. The minimum absolute atomic E-state index is 0.196. The lowest BCUT2D eigenvalue weighted by Crippen LogP contribution is -1.94. The first-order valence-electron chi connectivity index (χ1n) is 4.22. The Morgan fingerprint density at radius 2 is 2.07 bits per heavy atom. The topological polar surface area (TPSA) is 17.8 Å². The van der Waals surface area contributed by atoms with E-state index in [1.54, 1.807) is 11.6 Å². The van der Waals surface area contributed by atoms with Crippen LogP contribution in [-0.2, 0) is 7.05 Å². The van der Waals surface area contributed by atoms with Gasteiger partial charge in [-0.25, -0.2) is 13.8 Å². The second-order valence-corrected chi connectivity index (χ2v) is 3.87. The summed E-state index contributed by atoms with van der Waals surface area (Å²) in [5.41, 5.74) is 0.717. The molecule has 0 aliphatic rings. The highest BCUT2D eigenvalue weighted by Crippen LogP contribution is 2.29. The summed E-state index contributed by atoms with van der Waals surface area (Å²) in [6, 6.07) is 3.34. The quantitative estimate of drug-likeness (QED) is 0.780. The van der Waals surface area contributed by atoms with Crippen LogP contribution < -0.4 is 0 Å². The Kier molecular flexibility index (Phi) is 2.56. The highest BCUT2D eigenvalue weighted by molar-refractivity contribution is 9.10. The molecular weight excluding hydrogens is 266 g/mol. The second-order valence-electron chi connectivity index (χ2n) is 3.12. The zero-order valence-corrected chi connectivity index (χ0v) is 9.42. The van der Waals surface area contributed by atoms with Crippen molar-refractivity contribution in [2.45, 2.75) is 0 Å². The Hall–Kier alpha value is -1.23. The van der Waals surface area contributed by atoms with Crippen LogP contribution in [0.1, 0.15) is 0 Å². The number of aromatic nitrogens is 2. The number of halogens is 3. The van der Waals surface area contributed by atoms with Gasteiger partial charge in [-0.15, -0.1) is 0 Å². The van der Waals surface area contributed by atoms with Crippen LogP contribution in [0, 0.1) is 11.6 Å². The van der Waals surface area contributed by atoms with Gasteiger partial charge in [0.05, 0.1) is 12.0 Å². The van der Waals surface area contributed by atoms with Crippen LogP contribution in [0.3, 0.4) is 0 Å². The normalized spacial score (nSPS) is 10.7. The predicted molar refractivity (Wildman–Crippen MR) is 56.3 cm³/mol. The van der Waals surface area contributed by atoms with E-state index in [0.717, 1.165) is 18.2 Å². The van der Waals surface area contributed by atoms with Crippen LogP contribution in [-0.4, -0.2) is 9.55 Å². The highest BCUT2D eigenvalue weighted by Gasteiger charge is 2.13. The molecule has 0 fully saturated rings. The minimum atomic E-state index is -0.473. The fraction of sp³-hybridized carbons (Fsp3) is 0.100. The van der Waals surface area contributed by atoms with E-state index in [1.165, 1.54) is 6.33 Å². The second kappa shape index (κ2) is 3.73. The van der Waals surface area contributed by atoms with E-state index < -0.39 is 11.6 Å². The van der Waals surface area contributed by atoms with Gasteiger partial charge < -0.3 is 4.57 Å². The van der Waals surface area contributed by atoms with E-state index in [0.29, 0.717) is 10.3 Å². The van der Waals surface area contributed by atoms with E-state index in [1.807, 2.05) is 0 Å². The number of rotatable bonds is 1. The van der Waals surface area contributed by atoms with Gasteiger partial charge in [-0.05, 0) is 34.1 Å². The average Bonchev–Trinajstić information content (AvgIpc) is 2.51. The molecule has 78 valence electrons. The lowest BCUT2D eigenvalue weighted by molar-refractivity contribution is 0.602. The molecule has 5 heteroatoms. The maximum atomic E-state index is 13.5. The number of benzene rings is 1. The van der Waals surface area contributed by atoms with Crippen molar-refractivity contribution in [3.63, 3.8) is 0 Å². The molecule has 1 aromatic carbocycles. The number of aryl methyl sites for hydroxylation is 1. The molecule has 15 heavy (non-hydrogen) atoms. The van der Waals surface area contributed by atoms with Gasteiger partial charge >= 0.3 is 0 Å². The SMILES string of the molecule is Cn1cnc(Br)c1-c1cc(F)ccc1F. The summed E-state index contributed by atoms with van der Waals surface area (Å²) in [5, 5.41) is 0. The van der Waals surface area contributed by atoms with Crippen molar-refractivity contribution in [2.75, 3.05) is 0 Å². The summed E-state index contributed by atoms with van der Waals surface area (Å²) < 4.78 is 28.6. The first-order chi connectivity index (χ1) is 7.09. The molecule has 0 saturated carbocycles. The molecule has 0 atom stereocenters. The van der Waals surface area contributed by atoms with E-state index >= 15 is 0 Å². The number of nitrogens with zero attached hydrogens (tertiary/aromatic N) is 2. The van der Waals surface area contributed by atoms with Gasteiger partial charge in [-0.2, -0.15) is 0 Å². The third-order valence-corrected chi connectivity index (χ3v) is 2.66. The van der Waals surface area contributed by atoms with Crippen molar-refractivity contribution in [2.24, 2.45) is 7.05 Å². The standard InChI is InChI=1S/C10H7BrF2N2/c1-15-5-14-10(11)9(15)7-4-6(12)2-3-8(7)13/h2-5H,1H3. The van der Waals surface area contributed by atoms with Gasteiger partial charge in [0.2, 0.25) is 0 Å². The number of hydrogen-bond donors (Lipinski definition) is 0. The molecule has 2 aromatic rings. The lowest BCUT2D eigenvalue weighted by atomic mass is 10.1. The fourth-order valence-electron chi connectivity index (χ4n) is 1.38. The molecule has 1 heterocycles. The Morgan fingerprint density at radius 3 is 2.67 bits per heavy atom. The van der Waals surface area contributed by atoms with E-state index in [4.69, 9.17) is 0 Å². The maximum absolute atomic E-state index is 13.5. The molecule has 2 nitrogen and oxygen atoms in total. The van der Waals surface area contributed by atoms with Crippen LogP contribution in [0.15, 0.2) is 29.1 Å². The molecule has 0 amide bonds. The summed E-state index contributed by atoms with van der Waals surface area (Å²) in [5.74, 6) is -0.944. The third-order valence-electron chi connectivity index (χ3n) is 2.08. The Morgan fingerprint density at radius 1 is 1.33 bits per heavy atom. The number of imidazole rings is 1. The first-order valence-corrected chi connectivity index (χ1v) is 5.01. The lowest BCUT2D eigenvalue weighted by Gasteiger charge is -2.04. The highest BCUT2D eigenvalue weighted by atomic mass is 79.9. The van der Waals surface area contributed by atoms with Crippen LogP contribution >= 0.6 is 15.9 Å². The van der Waals surface area contributed by atoms with Gasteiger partial charge in [-0.3, -0.25) is 0 Å². The van der Waals surface area contributed by atoms with Crippen molar-refractivity contribution in [1.29, 1.82) is 0 Å². The monoisotopic (exact) mass is 272 g/mol. The molecule has 0 saturated heterocycles. The molecule has 0 spiro atoms. The fourth-order valence-corrected chi connectivity index (χ4v) is 1.97. The molecule has 1 aromatic heterocycles. The molecule has 0 unspecified atom stereocenters. The Bertz CT molecular complexity index is 489. The molecule has 0 aliphatic heterocycles. The van der Waals surface area contributed by atoms with Gasteiger partial charge in [-0.1, -0.05) is 0 Å². The zero-order valence-electron chi connectivity index (χ0n) is 7.84. The van der Waals surface area contributed by atoms with E-state index in [2.05, 4.69) is 20.9 Å². The summed E-state index contributed by atoms with van der Waals surface area (Å²) in [4.78, 5) is 3.95. The average molecular weight is 273 g/mol. The van der Waals surface area contributed by atoms with E-state index in [9.17, 15) is 8.78 Å². The summed E-state index contributed by atoms with van der Waals surface area (Å²) in [7, 11) is 1.72. The van der Waals surface area contributed by atoms with Crippen LogP contribution in [0.4, 0.5) is 8.78 Å². The smallest absolute Gasteiger partial charge is 0.132 e. The zero-order chi connectivity index (χ0) is 11.0. The molecule has 0 radical (unpaired) electrons. The summed E-state index contributed by atoms with van der Waals surface area (Å²) >= 11 is 3.19. The molecule has 2 rings (SSSR count). The molecule has 0 aliphatic carbocycles. The summed E-state index contributed by atoms with van der Waals surface area (Å²) in [6.45, 7) is 0. The van der Waals surface area contributed by atoms with Crippen LogP contribution in [0.2, 0.25) is 0 Å². The van der Waals surface area contributed by atoms with Gasteiger partial charge in [0.1, 0.15) is 16.2 Å². The van der Waals surface area contributed by atoms with E-state index in [-0.39, 0.29) is 5.56 Å². The largest absolute Gasteiger partial charge is 0.333 e. The van der Waals surface area contributed by atoms with Crippen molar-refractivity contribution < 1.29 is 8.78 Å². The van der Waals surface area contributed by atoms with Crippen molar-refractivity contribution in [3.05, 3.63) is 40.8 Å².